The van der Waals surface area contributed by atoms with Gasteiger partial charge >= 0.3 is 0 Å². The lowest BCUT2D eigenvalue weighted by Gasteiger charge is -2.24. The second-order valence-corrected chi connectivity index (χ2v) is 9.01. The zero-order valence-electron chi connectivity index (χ0n) is 19.3. The number of aryl methyl sites for hydroxylation is 2. The minimum Gasteiger partial charge on any atom is -0.336 e. The highest BCUT2D eigenvalue weighted by Gasteiger charge is 2.30. The molecule has 168 valence electrons. The maximum absolute atomic E-state index is 13.4. The number of pyridine rings is 1. The summed E-state index contributed by atoms with van der Waals surface area (Å²) >= 11 is 0. The predicted molar refractivity (Wildman–Crippen MR) is 127 cm³/mol. The first-order valence-corrected chi connectivity index (χ1v) is 11.9. The lowest BCUT2D eigenvalue weighted by molar-refractivity contribution is 0.0777. The van der Waals surface area contributed by atoms with E-state index in [9.17, 15) is 4.79 Å². The summed E-state index contributed by atoms with van der Waals surface area (Å²) in [5.74, 6) is 0.653. The first-order chi connectivity index (χ1) is 15.7. The topological polar surface area (TPSA) is 51.0 Å². The number of fused-ring (bicyclic) bond motifs is 1. The van der Waals surface area contributed by atoms with Gasteiger partial charge in [-0.3, -0.25) is 14.5 Å². The highest BCUT2D eigenvalue weighted by Crippen LogP contribution is 2.32. The second-order valence-electron chi connectivity index (χ2n) is 9.01. The van der Waals surface area contributed by atoms with Crippen LogP contribution in [0.4, 0.5) is 0 Å². The van der Waals surface area contributed by atoms with Crippen LogP contribution in [0.2, 0.25) is 0 Å². The third kappa shape index (κ3) is 5.26. The molecule has 0 saturated carbocycles. The molecular formula is C27H34N4O. The molecule has 2 heterocycles. The first-order valence-electron chi connectivity index (χ1n) is 11.9. The van der Waals surface area contributed by atoms with E-state index in [1.54, 1.807) is 4.90 Å². The van der Waals surface area contributed by atoms with Crippen molar-refractivity contribution in [3.8, 4) is 0 Å². The van der Waals surface area contributed by atoms with E-state index in [1.165, 1.54) is 29.7 Å². The molecule has 1 atom stereocenters. The van der Waals surface area contributed by atoms with E-state index in [0.29, 0.717) is 18.2 Å². The minimum atomic E-state index is 0.0379. The van der Waals surface area contributed by atoms with Gasteiger partial charge in [-0.2, -0.15) is 5.10 Å². The van der Waals surface area contributed by atoms with Gasteiger partial charge in [0, 0.05) is 43.8 Å². The average molecular weight is 431 g/mol. The van der Waals surface area contributed by atoms with Crippen LogP contribution in [0.3, 0.4) is 0 Å². The third-order valence-corrected chi connectivity index (χ3v) is 6.50. The summed E-state index contributed by atoms with van der Waals surface area (Å²) in [4.78, 5) is 19.4. The number of rotatable bonds is 9. The molecule has 1 aliphatic rings. The Balaban J connectivity index is 1.46. The van der Waals surface area contributed by atoms with Gasteiger partial charge in [-0.15, -0.1) is 0 Å². The van der Waals surface area contributed by atoms with E-state index in [4.69, 9.17) is 5.10 Å². The zero-order chi connectivity index (χ0) is 22.3. The van der Waals surface area contributed by atoms with Crippen LogP contribution in [0.1, 0.15) is 65.5 Å². The number of carbonyl (C=O) groups excluding carboxylic acids is 1. The second kappa shape index (κ2) is 10.6. The molecule has 2 aromatic heterocycles. The summed E-state index contributed by atoms with van der Waals surface area (Å²) in [6.45, 7) is 3.65. The average Bonchev–Trinajstić information content (AvgIpc) is 3.18. The number of carbonyl (C=O) groups is 1. The van der Waals surface area contributed by atoms with Crippen LogP contribution in [0.5, 0.6) is 0 Å². The van der Waals surface area contributed by atoms with Gasteiger partial charge in [-0.25, -0.2) is 0 Å². The number of hydrogen-bond donors (Lipinski definition) is 0. The predicted octanol–water partition coefficient (Wildman–Crippen LogP) is 5.09. The van der Waals surface area contributed by atoms with E-state index in [1.807, 2.05) is 43.7 Å². The maximum atomic E-state index is 13.4. The van der Waals surface area contributed by atoms with E-state index in [2.05, 4.69) is 34.8 Å². The zero-order valence-corrected chi connectivity index (χ0v) is 19.3. The standard InChI is InChI=1S/C27H34N4O/c1-3-17-31-25-15-14-21(11-7-12-22-13-8-16-28-19-22)18-24(25)26(29-31)27(32)30(2)20-23-9-5-4-6-10-23/h4-6,8-10,13,16,19,21H,3,7,11-12,14-15,17-18,20H2,1-2H3. The van der Waals surface area contributed by atoms with Gasteiger partial charge in [-0.1, -0.05) is 43.3 Å². The monoisotopic (exact) mass is 430 g/mol. The molecule has 0 aliphatic heterocycles. The van der Waals surface area contributed by atoms with Crippen LogP contribution in [-0.2, 0) is 32.4 Å². The van der Waals surface area contributed by atoms with Crippen molar-refractivity contribution in [2.45, 2.75) is 65.0 Å². The minimum absolute atomic E-state index is 0.0379. The Labute approximate surface area is 191 Å². The Morgan fingerprint density at radius 2 is 1.97 bits per heavy atom. The van der Waals surface area contributed by atoms with Crippen molar-refractivity contribution in [1.29, 1.82) is 0 Å². The van der Waals surface area contributed by atoms with Crippen LogP contribution in [-0.4, -0.2) is 32.6 Å². The molecule has 1 aliphatic carbocycles. The Kier molecular flexibility index (Phi) is 7.35. The Morgan fingerprint density at radius 1 is 1.16 bits per heavy atom. The third-order valence-electron chi connectivity index (χ3n) is 6.50. The molecule has 0 N–H and O–H groups in total. The molecular weight excluding hydrogens is 396 g/mol. The van der Waals surface area contributed by atoms with Crippen molar-refractivity contribution in [3.05, 3.63) is 82.9 Å². The van der Waals surface area contributed by atoms with Crippen LogP contribution in [0, 0.1) is 5.92 Å². The van der Waals surface area contributed by atoms with Gasteiger partial charge in [0.25, 0.3) is 5.91 Å². The van der Waals surface area contributed by atoms with Gasteiger partial charge < -0.3 is 4.90 Å². The molecule has 1 aromatic carbocycles. The van der Waals surface area contributed by atoms with Crippen LogP contribution in [0.15, 0.2) is 54.9 Å². The summed E-state index contributed by atoms with van der Waals surface area (Å²) in [6.07, 6.45) is 11.4. The van der Waals surface area contributed by atoms with Gasteiger partial charge in [0.05, 0.1) is 0 Å². The van der Waals surface area contributed by atoms with Crippen molar-refractivity contribution in [2.75, 3.05) is 7.05 Å². The van der Waals surface area contributed by atoms with Crippen molar-refractivity contribution >= 4 is 5.91 Å². The number of aromatic nitrogens is 3. The first kappa shape index (κ1) is 22.3. The fourth-order valence-corrected chi connectivity index (χ4v) is 4.83. The van der Waals surface area contributed by atoms with Crippen molar-refractivity contribution < 1.29 is 4.79 Å². The molecule has 0 saturated heterocycles. The normalized spacial score (nSPS) is 15.4. The summed E-state index contributed by atoms with van der Waals surface area (Å²) < 4.78 is 2.10. The van der Waals surface area contributed by atoms with E-state index >= 15 is 0 Å². The van der Waals surface area contributed by atoms with E-state index in [0.717, 1.165) is 44.2 Å². The fourth-order valence-electron chi connectivity index (χ4n) is 4.83. The Bertz CT molecular complexity index is 1010. The van der Waals surface area contributed by atoms with Crippen molar-refractivity contribution in [3.63, 3.8) is 0 Å². The van der Waals surface area contributed by atoms with Crippen LogP contribution in [0.25, 0.3) is 0 Å². The van der Waals surface area contributed by atoms with Gasteiger partial charge in [0.1, 0.15) is 0 Å². The van der Waals surface area contributed by atoms with E-state index in [-0.39, 0.29) is 5.91 Å². The number of amides is 1. The number of hydrogen-bond acceptors (Lipinski definition) is 3. The Hall–Kier alpha value is -2.95. The van der Waals surface area contributed by atoms with E-state index < -0.39 is 0 Å². The molecule has 0 spiro atoms. The van der Waals surface area contributed by atoms with Crippen molar-refractivity contribution in [1.82, 2.24) is 19.7 Å². The van der Waals surface area contributed by atoms with Gasteiger partial charge in [-0.05, 0) is 68.1 Å². The molecule has 0 fully saturated rings. The molecule has 1 amide bonds. The molecule has 32 heavy (non-hydrogen) atoms. The van der Waals surface area contributed by atoms with Crippen LogP contribution >= 0.6 is 0 Å². The highest BCUT2D eigenvalue weighted by atomic mass is 16.2. The lowest BCUT2D eigenvalue weighted by atomic mass is 9.83. The smallest absolute Gasteiger partial charge is 0.274 e. The molecule has 5 nitrogen and oxygen atoms in total. The summed E-state index contributed by atoms with van der Waals surface area (Å²) in [5.41, 5.74) is 5.59. The molecule has 4 rings (SSSR count). The number of nitrogens with zero attached hydrogens (tertiary/aromatic N) is 4. The molecule has 1 unspecified atom stereocenters. The highest BCUT2D eigenvalue weighted by molar-refractivity contribution is 5.94. The lowest BCUT2D eigenvalue weighted by Crippen LogP contribution is -2.28. The van der Waals surface area contributed by atoms with Crippen LogP contribution < -0.4 is 0 Å². The van der Waals surface area contributed by atoms with Gasteiger partial charge in [0.15, 0.2) is 5.69 Å². The largest absolute Gasteiger partial charge is 0.336 e. The quantitative estimate of drug-likeness (QED) is 0.475. The summed E-state index contributed by atoms with van der Waals surface area (Å²) in [7, 11) is 1.88. The summed E-state index contributed by atoms with van der Waals surface area (Å²) in [6, 6.07) is 14.3. The Morgan fingerprint density at radius 3 is 2.72 bits per heavy atom. The number of benzene rings is 1. The summed E-state index contributed by atoms with van der Waals surface area (Å²) in [5, 5.41) is 4.82. The van der Waals surface area contributed by atoms with Gasteiger partial charge in [0.2, 0.25) is 0 Å². The van der Waals surface area contributed by atoms with Crippen molar-refractivity contribution in [2.24, 2.45) is 5.92 Å². The fraction of sp³-hybridized carbons (Fsp3) is 0.444. The molecule has 3 aromatic rings. The molecule has 5 heteroatoms. The molecule has 0 bridgehead atoms. The molecule has 0 radical (unpaired) electrons. The maximum Gasteiger partial charge on any atom is 0.274 e. The SMILES string of the molecule is CCCn1nc(C(=O)N(C)Cc2ccccc2)c2c1CCC(CCCc1cccnc1)C2.